The third-order valence-corrected chi connectivity index (χ3v) is 3.75. The molecule has 0 unspecified atom stereocenters. The van der Waals surface area contributed by atoms with Crippen LogP contribution in [0.4, 0.5) is 0 Å². The molecule has 12 heavy (non-hydrogen) atoms. The Bertz CT molecular complexity index is 232. The van der Waals surface area contributed by atoms with Gasteiger partial charge in [0.2, 0.25) is 0 Å². The molecular weight excluding hydrogens is 152 g/mol. The Hall–Kier alpha value is -0.530. The number of fused-ring (bicyclic) bond motifs is 2. The Kier molecular flexibility index (Phi) is 1.25. The van der Waals surface area contributed by atoms with Gasteiger partial charge >= 0.3 is 5.97 Å². The standard InChI is InChI=1S/C10H16O2/c1-9(2)6-5-7(9)10(3,4)12-8(6)11/h6-7H,5H2,1-4H3/t6-,7-/m0/s1. The Morgan fingerprint density at radius 3 is 2.25 bits per heavy atom. The zero-order valence-electron chi connectivity index (χ0n) is 8.18. The van der Waals surface area contributed by atoms with E-state index in [-0.39, 0.29) is 22.9 Å². The Labute approximate surface area is 73.3 Å². The molecule has 1 saturated carbocycles. The molecular formula is C10H16O2. The first kappa shape index (κ1) is 8.09. The highest BCUT2D eigenvalue weighted by Gasteiger charge is 2.63. The maximum Gasteiger partial charge on any atom is 0.310 e. The van der Waals surface area contributed by atoms with Crippen molar-refractivity contribution in [1.29, 1.82) is 0 Å². The van der Waals surface area contributed by atoms with Crippen LogP contribution in [0.3, 0.4) is 0 Å². The summed E-state index contributed by atoms with van der Waals surface area (Å²) < 4.78 is 5.33. The fraction of sp³-hybridized carbons (Fsp3) is 0.900. The number of ether oxygens (including phenoxy) is 1. The summed E-state index contributed by atoms with van der Waals surface area (Å²) in [5.41, 5.74) is -0.0752. The first-order valence-corrected chi connectivity index (χ1v) is 4.58. The van der Waals surface area contributed by atoms with Crippen LogP contribution in [-0.4, -0.2) is 11.6 Å². The Balaban J connectivity index is 2.34. The fourth-order valence-corrected chi connectivity index (χ4v) is 2.91. The van der Waals surface area contributed by atoms with Crippen molar-refractivity contribution in [1.82, 2.24) is 0 Å². The van der Waals surface area contributed by atoms with Crippen LogP contribution in [0.15, 0.2) is 0 Å². The molecule has 0 aromatic carbocycles. The van der Waals surface area contributed by atoms with Crippen molar-refractivity contribution in [2.45, 2.75) is 39.7 Å². The number of carbonyl (C=O) groups is 1. The van der Waals surface area contributed by atoms with Gasteiger partial charge in [0.05, 0.1) is 5.92 Å². The van der Waals surface area contributed by atoms with E-state index in [2.05, 4.69) is 13.8 Å². The van der Waals surface area contributed by atoms with Crippen molar-refractivity contribution < 1.29 is 9.53 Å². The van der Waals surface area contributed by atoms with Crippen molar-refractivity contribution in [3.63, 3.8) is 0 Å². The molecule has 3 aliphatic rings. The molecule has 0 aromatic rings. The van der Waals surface area contributed by atoms with Crippen LogP contribution in [0.2, 0.25) is 0 Å². The number of carbonyl (C=O) groups excluding carboxylic acids is 1. The average Bonchev–Trinajstić information content (AvgIpc) is 1.81. The largest absolute Gasteiger partial charge is 0.459 e. The molecule has 0 spiro atoms. The summed E-state index contributed by atoms with van der Waals surface area (Å²) in [4.78, 5) is 11.4. The lowest BCUT2D eigenvalue weighted by Gasteiger charge is -2.61. The molecule has 2 aliphatic heterocycles. The smallest absolute Gasteiger partial charge is 0.310 e. The van der Waals surface area contributed by atoms with Gasteiger partial charge in [-0.1, -0.05) is 13.8 Å². The van der Waals surface area contributed by atoms with Crippen molar-refractivity contribution in [2.24, 2.45) is 17.3 Å². The molecule has 68 valence electrons. The predicted molar refractivity (Wildman–Crippen MR) is 45.5 cm³/mol. The molecule has 1 aliphatic carbocycles. The summed E-state index contributed by atoms with van der Waals surface area (Å²) in [6, 6.07) is 0. The normalized spacial score (nSPS) is 41.5. The van der Waals surface area contributed by atoms with Crippen LogP contribution < -0.4 is 0 Å². The lowest BCUT2D eigenvalue weighted by Crippen LogP contribution is -2.64. The molecule has 0 radical (unpaired) electrons. The SMILES string of the molecule is CC1(C)OC(=O)[C@@H]2C[C@H]1C2(C)C. The van der Waals surface area contributed by atoms with Gasteiger partial charge in [-0.2, -0.15) is 0 Å². The Morgan fingerprint density at radius 1 is 1.33 bits per heavy atom. The van der Waals surface area contributed by atoms with E-state index in [4.69, 9.17) is 4.74 Å². The van der Waals surface area contributed by atoms with Crippen molar-refractivity contribution in [2.75, 3.05) is 0 Å². The molecule has 2 heteroatoms. The highest BCUT2D eigenvalue weighted by Crippen LogP contribution is 2.60. The van der Waals surface area contributed by atoms with Gasteiger partial charge < -0.3 is 4.74 Å². The maximum atomic E-state index is 11.4. The monoisotopic (exact) mass is 168 g/mol. The van der Waals surface area contributed by atoms with Gasteiger partial charge in [0.15, 0.2) is 0 Å². The third-order valence-electron chi connectivity index (χ3n) is 3.75. The minimum atomic E-state index is -0.241. The topological polar surface area (TPSA) is 26.3 Å². The summed E-state index contributed by atoms with van der Waals surface area (Å²) in [5.74, 6) is 0.718. The highest BCUT2D eigenvalue weighted by molar-refractivity contribution is 5.77. The van der Waals surface area contributed by atoms with E-state index in [0.29, 0.717) is 5.92 Å². The van der Waals surface area contributed by atoms with Gasteiger partial charge in [0.1, 0.15) is 5.60 Å². The number of hydrogen-bond donors (Lipinski definition) is 0. The predicted octanol–water partition coefficient (Wildman–Crippen LogP) is 1.98. The second kappa shape index (κ2) is 1.86. The van der Waals surface area contributed by atoms with Crippen LogP contribution in [-0.2, 0) is 9.53 Å². The molecule has 0 amide bonds. The minimum Gasteiger partial charge on any atom is -0.459 e. The number of esters is 1. The lowest BCUT2D eigenvalue weighted by molar-refractivity contribution is -0.237. The molecule has 0 N–H and O–H groups in total. The van der Waals surface area contributed by atoms with Crippen molar-refractivity contribution in [3.05, 3.63) is 0 Å². The lowest BCUT2D eigenvalue weighted by atomic mass is 9.49. The summed E-state index contributed by atoms with van der Waals surface area (Å²) in [6.07, 6.45) is 1.03. The summed E-state index contributed by atoms with van der Waals surface area (Å²) >= 11 is 0. The molecule has 2 bridgehead atoms. The first-order valence-electron chi connectivity index (χ1n) is 4.58. The van der Waals surface area contributed by atoms with E-state index >= 15 is 0 Å². The molecule has 0 aromatic heterocycles. The van der Waals surface area contributed by atoms with Crippen LogP contribution in [0.1, 0.15) is 34.1 Å². The van der Waals surface area contributed by atoms with Crippen molar-refractivity contribution in [3.8, 4) is 0 Å². The maximum absolute atomic E-state index is 11.4. The third kappa shape index (κ3) is 0.732. The van der Waals surface area contributed by atoms with Crippen LogP contribution in [0, 0.1) is 17.3 Å². The van der Waals surface area contributed by atoms with Gasteiger partial charge in [0.25, 0.3) is 0 Å². The van der Waals surface area contributed by atoms with E-state index in [9.17, 15) is 4.79 Å². The van der Waals surface area contributed by atoms with E-state index in [1.165, 1.54) is 0 Å². The van der Waals surface area contributed by atoms with Gasteiger partial charge in [-0.25, -0.2) is 0 Å². The number of hydrogen-bond acceptors (Lipinski definition) is 2. The first-order chi connectivity index (χ1) is 5.36. The molecule has 3 rings (SSSR count). The van der Waals surface area contributed by atoms with Gasteiger partial charge in [0, 0.05) is 5.92 Å². The summed E-state index contributed by atoms with van der Waals surface area (Å²) in [6.45, 7) is 8.39. The van der Waals surface area contributed by atoms with Gasteiger partial charge in [-0.05, 0) is 25.7 Å². The van der Waals surface area contributed by atoms with Crippen LogP contribution >= 0.6 is 0 Å². The zero-order chi connectivity index (χ0) is 9.15. The fourth-order valence-electron chi connectivity index (χ4n) is 2.91. The van der Waals surface area contributed by atoms with Crippen LogP contribution in [0.5, 0.6) is 0 Å². The quantitative estimate of drug-likeness (QED) is 0.517. The average molecular weight is 168 g/mol. The zero-order valence-corrected chi connectivity index (χ0v) is 8.18. The molecule has 2 saturated heterocycles. The minimum absolute atomic E-state index is 0.00694. The second-order valence-corrected chi connectivity index (χ2v) is 5.19. The number of rotatable bonds is 0. The van der Waals surface area contributed by atoms with Gasteiger partial charge in [-0.15, -0.1) is 0 Å². The van der Waals surface area contributed by atoms with E-state index in [1.54, 1.807) is 0 Å². The van der Waals surface area contributed by atoms with E-state index in [1.807, 2.05) is 13.8 Å². The van der Waals surface area contributed by atoms with E-state index < -0.39 is 0 Å². The molecule has 2 nitrogen and oxygen atoms in total. The van der Waals surface area contributed by atoms with Crippen molar-refractivity contribution >= 4 is 5.97 Å². The molecule has 3 fully saturated rings. The van der Waals surface area contributed by atoms with Gasteiger partial charge in [-0.3, -0.25) is 4.79 Å². The van der Waals surface area contributed by atoms with E-state index in [0.717, 1.165) is 6.42 Å². The van der Waals surface area contributed by atoms with Crippen LogP contribution in [0.25, 0.3) is 0 Å². The molecule has 2 heterocycles. The summed E-state index contributed by atoms with van der Waals surface area (Å²) in [7, 11) is 0. The summed E-state index contributed by atoms with van der Waals surface area (Å²) in [5, 5.41) is 0. The Morgan fingerprint density at radius 2 is 1.92 bits per heavy atom. The molecule has 2 atom stereocenters. The second-order valence-electron chi connectivity index (χ2n) is 5.19. The highest BCUT2D eigenvalue weighted by atomic mass is 16.6.